The molecule has 4 amide bonds. The first kappa shape index (κ1) is 28.4. The first-order chi connectivity index (χ1) is 19.2. The number of nitrogens with one attached hydrogen (secondary N) is 2. The number of esters is 1. The van der Waals surface area contributed by atoms with Gasteiger partial charge < -0.3 is 29.3 Å². The summed E-state index contributed by atoms with van der Waals surface area (Å²) in [4.78, 5) is 50.3. The summed E-state index contributed by atoms with van der Waals surface area (Å²) in [7, 11) is 1.21. The maximum atomic E-state index is 13.1. The first-order valence-corrected chi connectivity index (χ1v) is 12.6. The second-order valence-electron chi connectivity index (χ2n) is 8.23. The summed E-state index contributed by atoms with van der Waals surface area (Å²) in [6, 6.07) is 10.7. The van der Waals surface area contributed by atoms with Crippen LogP contribution in [0.25, 0.3) is 6.08 Å². The zero-order valence-electron chi connectivity index (χ0n) is 21.3. The number of methoxy groups -OCH3 is 1. The highest BCUT2D eigenvalue weighted by molar-refractivity contribution is 9.10. The minimum absolute atomic E-state index is 0.000222. The van der Waals surface area contributed by atoms with E-state index in [4.69, 9.17) is 13.9 Å². The van der Waals surface area contributed by atoms with E-state index in [1.165, 1.54) is 49.6 Å². The first-order valence-electron chi connectivity index (χ1n) is 11.8. The standard InChI is InChI=1S/C27H23BrFN3O8/c1-3-38-22-11-15(19(28)12-23(22)39-14-24(33)30-17-6-4-16(29)5-7-17)10-20-25(34)32(27(36)31-20)13-18-8-9-21(40-18)26(35)37-2/h4-12H,3,13-14H2,1-2H3,(H,30,33)(H,31,36)/b20-10-. The second-order valence-corrected chi connectivity index (χ2v) is 9.09. The zero-order valence-corrected chi connectivity index (χ0v) is 22.9. The van der Waals surface area contributed by atoms with Crippen molar-refractivity contribution < 1.29 is 42.2 Å². The van der Waals surface area contributed by atoms with Crippen molar-refractivity contribution in [3.63, 3.8) is 0 Å². The number of halogens is 2. The number of anilines is 1. The van der Waals surface area contributed by atoms with Crippen molar-refractivity contribution in [2.24, 2.45) is 0 Å². The third-order valence-electron chi connectivity index (χ3n) is 5.47. The Kier molecular flexibility index (Phi) is 8.84. The number of furan rings is 1. The summed E-state index contributed by atoms with van der Waals surface area (Å²) in [6.45, 7) is 1.51. The lowest BCUT2D eigenvalue weighted by atomic mass is 10.1. The SMILES string of the molecule is CCOc1cc(/C=C2\NC(=O)N(Cc3ccc(C(=O)OC)o3)C2=O)c(Br)cc1OCC(=O)Nc1ccc(F)cc1. The molecule has 13 heteroatoms. The Bertz CT molecular complexity index is 1490. The van der Waals surface area contributed by atoms with Crippen LogP contribution in [0.15, 0.2) is 63.1 Å². The lowest BCUT2D eigenvalue weighted by molar-refractivity contribution is -0.123. The maximum absolute atomic E-state index is 13.1. The number of hydrogen-bond acceptors (Lipinski definition) is 8. The Labute approximate surface area is 236 Å². The maximum Gasteiger partial charge on any atom is 0.373 e. The molecule has 0 aliphatic carbocycles. The van der Waals surface area contributed by atoms with E-state index in [0.29, 0.717) is 21.5 Å². The number of carbonyl (C=O) groups is 4. The molecule has 11 nitrogen and oxygen atoms in total. The molecular weight excluding hydrogens is 593 g/mol. The van der Waals surface area contributed by atoms with Gasteiger partial charge in [0.05, 0.1) is 20.3 Å². The smallest absolute Gasteiger partial charge is 0.373 e. The molecule has 208 valence electrons. The van der Waals surface area contributed by atoms with Crippen LogP contribution in [0, 0.1) is 5.82 Å². The minimum Gasteiger partial charge on any atom is -0.490 e. The van der Waals surface area contributed by atoms with Crippen molar-refractivity contribution in [1.29, 1.82) is 0 Å². The molecule has 0 atom stereocenters. The monoisotopic (exact) mass is 615 g/mol. The third kappa shape index (κ3) is 6.67. The number of carbonyl (C=O) groups excluding carboxylic acids is 4. The number of ether oxygens (including phenoxy) is 3. The van der Waals surface area contributed by atoms with Crippen molar-refractivity contribution in [3.05, 3.63) is 81.6 Å². The Morgan fingerprint density at radius 3 is 2.52 bits per heavy atom. The Morgan fingerprint density at radius 2 is 1.82 bits per heavy atom. The lowest BCUT2D eigenvalue weighted by Crippen LogP contribution is -2.30. The highest BCUT2D eigenvalue weighted by atomic mass is 79.9. The van der Waals surface area contributed by atoms with Crippen LogP contribution in [0.1, 0.15) is 28.8 Å². The molecule has 2 N–H and O–H groups in total. The van der Waals surface area contributed by atoms with Crippen LogP contribution in [0.2, 0.25) is 0 Å². The normalized spacial score (nSPS) is 13.8. The van der Waals surface area contributed by atoms with E-state index in [2.05, 4.69) is 31.3 Å². The molecule has 0 radical (unpaired) electrons. The fraction of sp³-hybridized carbons (Fsp3) is 0.185. The van der Waals surface area contributed by atoms with Gasteiger partial charge in [0.1, 0.15) is 17.3 Å². The number of benzene rings is 2. The number of hydrogen-bond donors (Lipinski definition) is 2. The molecular formula is C27H23BrFN3O8. The quantitative estimate of drug-likeness (QED) is 0.194. The molecule has 1 aliphatic heterocycles. The second kappa shape index (κ2) is 12.5. The number of amides is 4. The molecule has 1 fully saturated rings. The van der Waals surface area contributed by atoms with Crippen molar-refractivity contribution in [1.82, 2.24) is 10.2 Å². The average Bonchev–Trinajstić information content (AvgIpc) is 3.51. The van der Waals surface area contributed by atoms with Crippen LogP contribution in [-0.4, -0.2) is 49.0 Å². The van der Waals surface area contributed by atoms with E-state index in [0.717, 1.165) is 4.90 Å². The molecule has 4 rings (SSSR count). The Balaban J connectivity index is 1.47. The molecule has 1 aromatic heterocycles. The third-order valence-corrected chi connectivity index (χ3v) is 6.16. The van der Waals surface area contributed by atoms with E-state index < -0.39 is 29.6 Å². The molecule has 40 heavy (non-hydrogen) atoms. The minimum atomic E-state index is -0.681. The summed E-state index contributed by atoms with van der Waals surface area (Å²) in [5, 5.41) is 5.12. The molecule has 0 bridgehead atoms. The molecule has 0 spiro atoms. The van der Waals surface area contributed by atoms with Gasteiger partial charge in [0.2, 0.25) is 5.76 Å². The van der Waals surface area contributed by atoms with Gasteiger partial charge in [-0.2, -0.15) is 0 Å². The fourth-order valence-corrected chi connectivity index (χ4v) is 4.05. The summed E-state index contributed by atoms with van der Waals surface area (Å²) in [6.07, 6.45) is 1.46. The van der Waals surface area contributed by atoms with E-state index in [-0.39, 0.29) is 42.7 Å². The Morgan fingerprint density at radius 1 is 1.10 bits per heavy atom. The van der Waals surface area contributed by atoms with Crippen LogP contribution in [-0.2, 0) is 20.9 Å². The van der Waals surface area contributed by atoms with E-state index in [1.54, 1.807) is 19.1 Å². The van der Waals surface area contributed by atoms with Crippen LogP contribution in [0.3, 0.4) is 0 Å². The van der Waals surface area contributed by atoms with Crippen molar-refractivity contribution in [2.75, 3.05) is 25.6 Å². The van der Waals surface area contributed by atoms with Crippen LogP contribution < -0.4 is 20.1 Å². The van der Waals surface area contributed by atoms with Gasteiger partial charge in [-0.15, -0.1) is 0 Å². The molecule has 2 aromatic carbocycles. The molecule has 0 saturated carbocycles. The largest absolute Gasteiger partial charge is 0.490 e. The van der Waals surface area contributed by atoms with E-state index in [1.807, 2.05) is 0 Å². The number of imide groups is 1. The van der Waals surface area contributed by atoms with Gasteiger partial charge in [0.15, 0.2) is 18.1 Å². The number of rotatable bonds is 10. The predicted molar refractivity (Wildman–Crippen MR) is 143 cm³/mol. The summed E-state index contributed by atoms with van der Waals surface area (Å²) in [5.74, 6) is -1.46. The molecule has 1 aliphatic rings. The summed E-state index contributed by atoms with van der Waals surface area (Å²) in [5.41, 5.74) is 0.903. The molecule has 3 aromatic rings. The number of urea groups is 1. The van der Waals surface area contributed by atoms with Gasteiger partial charge in [-0.1, -0.05) is 15.9 Å². The van der Waals surface area contributed by atoms with Gasteiger partial charge in [-0.25, -0.2) is 14.0 Å². The van der Waals surface area contributed by atoms with Gasteiger partial charge in [-0.05, 0) is 67.1 Å². The molecule has 1 saturated heterocycles. The van der Waals surface area contributed by atoms with E-state index in [9.17, 15) is 23.6 Å². The molecule has 0 unspecified atom stereocenters. The van der Waals surface area contributed by atoms with Gasteiger partial charge in [0.25, 0.3) is 11.8 Å². The van der Waals surface area contributed by atoms with Crippen molar-refractivity contribution >= 4 is 51.5 Å². The van der Waals surface area contributed by atoms with E-state index >= 15 is 0 Å². The van der Waals surface area contributed by atoms with Crippen LogP contribution in [0.5, 0.6) is 11.5 Å². The average molecular weight is 616 g/mol. The topological polar surface area (TPSA) is 136 Å². The highest BCUT2D eigenvalue weighted by Gasteiger charge is 2.34. The van der Waals surface area contributed by atoms with Crippen molar-refractivity contribution in [2.45, 2.75) is 13.5 Å². The predicted octanol–water partition coefficient (Wildman–Crippen LogP) is 4.48. The fourth-order valence-electron chi connectivity index (χ4n) is 3.62. The number of nitrogens with zero attached hydrogens (tertiary/aromatic N) is 1. The zero-order chi connectivity index (χ0) is 28.8. The van der Waals surface area contributed by atoms with Gasteiger partial charge in [-0.3, -0.25) is 14.5 Å². The van der Waals surface area contributed by atoms with Crippen LogP contribution >= 0.6 is 15.9 Å². The van der Waals surface area contributed by atoms with Gasteiger partial charge >= 0.3 is 12.0 Å². The van der Waals surface area contributed by atoms with Gasteiger partial charge in [0, 0.05) is 10.2 Å². The van der Waals surface area contributed by atoms with Crippen LogP contribution in [0.4, 0.5) is 14.9 Å². The summed E-state index contributed by atoms with van der Waals surface area (Å²) >= 11 is 3.42. The summed E-state index contributed by atoms with van der Waals surface area (Å²) < 4.78 is 34.8. The lowest BCUT2D eigenvalue weighted by Gasteiger charge is -2.14. The Hall–Kier alpha value is -4.65. The highest BCUT2D eigenvalue weighted by Crippen LogP contribution is 2.35. The molecule has 2 heterocycles. The van der Waals surface area contributed by atoms with Crippen molar-refractivity contribution in [3.8, 4) is 11.5 Å².